The zero-order valence-corrected chi connectivity index (χ0v) is 24.0. The van der Waals surface area contributed by atoms with Crippen LogP contribution in [0.4, 0.5) is 0 Å². The van der Waals surface area contributed by atoms with E-state index in [1.54, 1.807) is 0 Å². The van der Waals surface area contributed by atoms with Crippen molar-refractivity contribution in [2.75, 3.05) is 26.2 Å². The molecule has 8 heteroatoms. The molecule has 0 aromatic carbocycles. The van der Waals surface area contributed by atoms with Crippen molar-refractivity contribution in [3.63, 3.8) is 0 Å². The molecule has 0 radical (unpaired) electrons. The fraction of sp³-hybridized carbons (Fsp3) is 0.857. The summed E-state index contributed by atoms with van der Waals surface area (Å²) in [4.78, 5) is 4.20. The van der Waals surface area contributed by atoms with Crippen molar-refractivity contribution < 1.29 is 39.0 Å². The average molecular weight is 485 g/mol. The molecule has 0 aromatic heterocycles. The Balaban J connectivity index is -0.000000144. The molecule has 0 aliphatic heterocycles. The number of thiocarbonyl (C=S) groups is 2. The molecule has 0 fully saturated rings. The van der Waals surface area contributed by atoms with E-state index in [1.165, 1.54) is 25.7 Å². The monoisotopic (exact) mass is 482 g/mol. The Bertz CT molecular complexity index is 257. The maximum atomic E-state index is 5.03. The third kappa shape index (κ3) is 19.8. The number of hydrogen-bond acceptors (Lipinski definition) is 2. The molecule has 0 heterocycles. The normalized spacial score (nSPS) is 8.64. The molecule has 0 amide bonds. The van der Waals surface area contributed by atoms with Crippen molar-refractivity contribution in [1.82, 2.24) is 9.80 Å². The SMILES string of the molecule is CCCCN(CCCC)C(=S)S.CCN(CC)C(=S)S.[Zn].[Zn]. The second-order valence-corrected chi connectivity index (χ2v) is 6.66. The largest absolute Gasteiger partial charge is 0.358 e. The Hall–Kier alpha value is 1.73. The minimum absolute atomic E-state index is 0. The molecule has 0 aromatic rings. The van der Waals surface area contributed by atoms with Crippen molar-refractivity contribution in [2.24, 2.45) is 0 Å². The first-order valence-corrected chi connectivity index (χ1v) is 9.11. The van der Waals surface area contributed by atoms with E-state index in [4.69, 9.17) is 24.4 Å². The van der Waals surface area contributed by atoms with Crippen LogP contribution in [-0.4, -0.2) is 44.6 Å². The first-order chi connectivity index (χ1) is 9.44. The van der Waals surface area contributed by atoms with E-state index >= 15 is 0 Å². The fourth-order valence-corrected chi connectivity index (χ4v) is 2.42. The number of nitrogens with zero attached hydrogens (tertiary/aromatic N) is 2. The van der Waals surface area contributed by atoms with Crippen molar-refractivity contribution >= 4 is 58.3 Å². The summed E-state index contributed by atoms with van der Waals surface area (Å²) in [6, 6.07) is 0. The Labute approximate surface area is 185 Å². The van der Waals surface area contributed by atoms with Gasteiger partial charge in [-0.05, 0) is 26.7 Å². The van der Waals surface area contributed by atoms with Gasteiger partial charge in [-0.2, -0.15) is 0 Å². The average Bonchev–Trinajstić information content (AvgIpc) is 2.40. The van der Waals surface area contributed by atoms with E-state index < -0.39 is 0 Å². The maximum absolute atomic E-state index is 5.03. The fourth-order valence-electron chi connectivity index (χ4n) is 1.50. The molecule has 124 valence electrons. The molecule has 2 nitrogen and oxygen atoms in total. The summed E-state index contributed by atoms with van der Waals surface area (Å²) in [6.07, 6.45) is 4.87. The van der Waals surface area contributed by atoms with Crippen LogP contribution >= 0.6 is 49.7 Å². The van der Waals surface area contributed by atoms with Crippen molar-refractivity contribution in [3.05, 3.63) is 0 Å². The second-order valence-electron chi connectivity index (χ2n) is 4.43. The quantitative estimate of drug-likeness (QED) is 0.294. The van der Waals surface area contributed by atoms with Crippen LogP contribution in [0.1, 0.15) is 53.4 Å². The van der Waals surface area contributed by atoms with Gasteiger partial charge >= 0.3 is 0 Å². The number of unbranched alkanes of at least 4 members (excludes halogenated alkanes) is 2. The summed E-state index contributed by atoms with van der Waals surface area (Å²) < 4.78 is 1.44. The summed E-state index contributed by atoms with van der Waals surface area (Å²) in [6.45, 7) is 12.6. The number of thiol groups is 2. The van der Waals surface area contributed by atoms with Gasteiger partial charge in [0.1, 0.15) is 8.64 Å². The number of rotatable bonds is 8. The van der Waals surface area contributed by atoms with Gasteiger partial charge in [0.2, 0.25) is 0 Å². The molecule has 0 saturated heterocycles. The van der Waals surface area contributed by atoms with Crippen molar-refractivity contribution in [1.29, 1.82) is 0 Å². The molecule has 0 unspecified atom stereocenters. The summed E-state index contributed by atoms with van der Waals surface area (Å²) in [5.74, 6) is 0. The predicted octanol–water partition coefficient (Wildman–Crippen LogP) is 4.64. The predicted molar refractivity (Wildman–Crippen MR) is 107 cm³/mol. The maximum Gasteiger partial charge on any atom is 0.133 e. The Morgan fingerprint density at radius 2 is 1.05 bits per heavy atom. The molecule has 0 N–H and O–H groups in total. The Morgan fingerprint density at radius 1 is 0.727 bits per heavy atom. The van der Waals surface area contributed by atoms with E-state index in [9.17, 15) is 0 Å². The third-order valence-corrected chi connectivity index (χ3v) is 3.95. The van der Waals surface area contributed by atoms with Crippen LogP contribution in [0, 0.1) is 0 Å². The molecular weight excluding hydrogens is 455 g/mol. The zero-order valence-electron chi connectivity index (χ0n) is 14.7. The van der Waals surface area contributed by atoms with Crippen LogP contribution < -0.4 is 0 Å². The third-order valence-electron chi connectivity index (χ3n) is 2.87. The van der Waals surface area contributed by atoms with E-state index in [0.717, 1.165) is 30.5 Å². The minimum atomic E-state index is 0. The molecule has 0 spiro atoms. The van der Waals surface area contributed by atoms with E-state index in [1.807, 2.05) is 4.90 Å². The first-order valence-electron chi connectivity index (χ1n) is 7.40. The van der Waals surface area contributed by atoms with Gasteiger partial charge in [-0.1, -0.05) is 51.1 Å². The molecular formula is C14H30N2S4Zn2. The van der Waals surface area contributed by atoms with Crippen LogP contribution in [0.25, 0.3) is 0 Å². The summed E-state index contributed by atoms with van der Waals surface area (Å²) in [7, 11) is 0. The van der Waals surface area contributed by atoms with Gasteiger partial charge in [0.15, 0.2) is 0 Å². The Kier molecular flexibility index (Phi) is 32.5. The van der Waals surface area contributed by atoms with Gasteiger partial charge in [0, 0.05) is 65.1 Å². The summed E-state index contributed by atoms with van der Waals surface area (Å²) in [5.41, 5.74) is 0. The summed E-state index contributed by atoms with van der Waals surface area (Å²) >= 11 is 18.0. The minimum Gasteiger partial charge on any atom is -0.358 e. The summed E-state index contributed by atoms with van der Waals surface area (Å²) in [5, 5.41) is 0. The van der Waals surface area contributed by atoms with Crippen LogP contribution in [0.2, 0.25) is 0 Å². The molecule has 0 saturated carbocycles. The zero-order chi connectivity index (χ0) is 16.0. The van der Waals surface area contributed by atoms with Crippen LogP contribution in [0.15, 0.2) is 0 Å². The standard InChI is InChI=1S/C9H19NS2.C5H11NS2.2Zn/c1-3-5-7-10(9(11)12)8-6-4-2;1-3-6(4-2)5(7)8;;/h3-8H2,1-2H3,(H,11,12);3-4H2,1-2H3,(H,7,8);;. The van der Waals surface area contributed by atoms with E-state index in [2.05, 4.69) is 57.9 Å². The van der Waals surface area contributed by atoms with Crippen LogP contribution in [0.5, 0.6) is 0 Å². The Morgan fingerprint density at radius 3 is 1.18 bits per heavy atom. The smallest absolute Gasteiger partial charge is 0.133 e. The van der Waals surface area contributed by atoms with Crippen LogP contribution in [-0.2, 0) is 39.0 Å². The van der Waals surface area contributed by atoms with Gasteiger partial charge in [0.05, 0.1) is 0 Å². The van der Waals surface area contributed by atoms with Gasteiger partial charge in [0.25, 0.3) is 0 Å². The molecule has 0 rings (SSSR count). The van der Waals surface area contributed by atoms with Gasteiger partial charge in [-0.25, -0.2) is 0 Å². The molecule has 0 aliphatic carbocycles. The van der Waals surface area contributed by atoms with Crippen molar-refractivity contribution in [2.45, 2.75) is 53.4 Å². The molecule has 0 aliphatic rings. The van der Waals surface area contributed by atoms with Crippen molar-refractivity contribution in [3.8, 4) is 0 Å². The first kappa shape index (κ1) is 31.5. The number of hydrogen-bond donors (Lipinski definition) is 2. The topological polar surface area (TPSA) is 6.48 Å². The van der Waals surface area contributed by atoms with Crippen LogP contribution in [0.3, 0.4) is 0 Å². The second kappa shape index (κ2) is 22.7. The molecule has 0 bridgehead atoms. The van der Waals surface area contributed by atoms with Gasteiger partial charge in [-0.3, -0.25) is 0 Å². The molecule has 22 heavy (non-hydrogen) atoms. The van der Waals surface area contributed by atoms with E-state index in [-0.39, 0.29) is 39.0 Å². The molecule has 0 atom stereocenters. The van der Waals surface area contributed by atoms with E-state index in [0.29, 0.717) is 4.32 Å². The van der Waals surface area contributed by atoms with Gasteiger partial charge in [-0.15, -0.1) is 25.3 Å². The van der Waals surface area contributed by atoms with Gasteiger partial charge < -0.3 is 9.80 Å².